The Morgan fingerprint density at radius 1 is 1.32 bits per heavy atom. The number of nitrogens with one attached hydrogen (secondary N) is 1. The maximum Gasteiger partial charge on any atom is 0.241 e. The molecule has 31 heavy (non-hydrogen) atoms. The molecule has 0 atom stereocenters. The van der Waals surface area contributed by atoms with Crippen molar-refractivity contribution in [2.75, 3.05) is 5.73 Å². The van der Waals surface area contributed by atoms with Crippen LogP contribution in [-0.2, 0) is 10.0 Å². The Morgan fingerprint density at radius 3 is 2.84 bits per heavy atom. The number of benzene rings is 1. The molecule has 2 aromatic heterocycles. The van der Waals surface area contributed by atoms with E-state index in [1.54, 1.807) is 0 Å². The van der Waals surface area contributed by atoms with E-state index in [0.717, 1.165) is 0 Å². The number of aromatic nitrogens is 3. The minimum atomic E-state index is -4.00. The van der Waals surface area contributed by atoms with Gasteiger partial charge in [-0.05, 0) is 50.2 Å². The van der Waals surface area contributed by atoms with Crippen molar-refractivity contribution in [2.45, 2.75) is 43.0 Å². The number of nitrogen functional groups attached to an aromatic ring is 1. The highest BCUT2D eigenvalue weighted by atomic mass is 32.2. The van der Waals surface area contributed by atoms with Crippen LogP contribution in [-0.4, -0.2) is 28.9 Å². The lowest BCUT2D eigenvalue weighted by Gasteiger charge is -2.43. The summed E-state index contributed by atoms with van der Waals surface area (Å²) in [6.45, 7) is -2.54. The molecule has 3 aliphatic carbocycles. The van der Waals surface area contributed by atoms with Gasteiger partial charge in [0.2, 0.25) is 10.0 Å². The number of hydrogen-bond donors (Lipinski definition) is 2. The van der Waals surface area contributed by atoms with Crippen molar-refractivity contribution in [3.05, 3.63) is 42.5 Å². The lowest BCUT2D eigenvalue weighted by atomic mass is 9.66. The Labute approximate surface area is 183 Å². The number of oxazole rings is 1. The van der Waals surface area contributed by atoms with Crippen molar-refractivity contribution >= 4 is 15.8 Å². The summed E-state index contributed by atoms with van der Waals surface area (Å²) in [6.07, 6.45) is 6.05. The molecule has 3 saturated carbocycles. The first-order valence-corrected chi connectivity index (χ1v) is 11.1. The van der Waals surface area contributed by atoms with Gasteiger partial charge in [0.25, 0.3) is 0 Å². The van der Waals surface area contributed by atoms with Gasteiger partial charge in [-0.15, -0.1) is 0 Å². The summed E-state index contributed by atoms with van der Waals surface area (Å²) in [7, 11) is -4.00. The summed E-state index contributed by atoms with van der Waals surface area (Å²) in [4.78, 5) is 12.2. The Kier molecular flexibility index (Phi) is 3.49. The number of nitriles is 1. The number of hydrogen-bond acceptors (Lipinski definition) is 8. The molecule has 2 heterocycles. The van der Waals surface area contributed by atoms with Crippen LogP contribution in [0.5, 0.6) is 0 Å². The summed E-state index contributed by atoms with van der Waals surface area (Å²) < 4.78 is 58.3. The van der Waals surface area contributed by atoms with Crippen molar-refractivity contribution in [3.63, 3.8) is 0 Å². The van der Waals surface area contributed by atoms with E-state index in [0.29, 0.717) is 25.7 Å². The van der Waals surface area contributed by atoms with E-state index in [2.05, 4.69) is 25.7 Å². The van der Waals surface area contributed by atoms with Gasteiger partial charge in [-0.2, -0.15) is 5.26 Å². The molecule has 1 aromatic carbocycles. The summed E-state index contributed by atoms with van der Waals surface area (Å²) in [5.74, 6) is 0.284. The third-order valence-electron chi connectivity index (χ3n) is 6.07. The topological polar surface area (TPSA) is 148 Å². The van der Waals surface area contributed by atoms with Gasteiger partial charge in [-0.25, -0.2) is 28.1 Å². The van der Waals surface area contributed by atoms with Gasteiger partial charge in [-0.3, -0.25) is 0 Å². The first-order valence-electron chi connectivity index (χ1n) is 11.1. The van der Waals surface area contributed by atoms with Crippen LogP contribution in [0.3, 0.4) is 0 Å². The summed E-state index contributed by atoms with van der Waals surface area (Å²) >= 11 is 0. The van der Waals surface area contributed by atoms with Crippen LogP contribution in [0, 0.1) is 23.6 Å². The monoisotopic (exact) mass is 439 g/mol. The zero-order chi connectivity index (χ0) is 24.4. The molecule has 10 heteroatoms. The Balaban J connectivity index is 1.57. The van der Waals surface area contributed by atoms with E-state index in [9.17, 15) is 13.7 Å². The first-order chi connectivity index (χ1) is 16.0. The molecule has 3 fully saturated rings. The normalized spacial score (nSPS) is 26.4. The largest absolute Gasteiger partial charge is 0.442 e. The number of rotatable bonds is 5. The minimum absolute atomic E-state index is 0.0488. The molecule has 0 saturated heterocycles. The van der Waals surface area contributed by atoms with Crippen LogP contribution >= 0.6 is 0 Å². The fraction of sp³-hybridized carbons (Fsp3) is 0.333. The predicted molar refractivity (Wildman–Crippen MR) is 112 cm³/mol. The quantitative estimate of drug-likeness (QED) is 0.616. The van der Waals surface area contributed by atoms with Crippen molar-refractivity contribution in [2.24, 2.45) is 5.41 Å². The fourth-order valence-electron chi connectivity index (χ4n) is 4.62. The summed E-state index contributed by atoms with van der Waals surface area (Å²) in [6, 6.07) is 6.09. The van der Waals surface area contributed by atoms with Crippen LogP contribution < -0.4 is 10.5 Å². The molecule has 0 aliphatic heterocycles. The first kappa shape index (κ1) is 16.4. The van der Waals surface area contributed by atoms with Crippen LogP contribution in [0.15, 0.2) is 46.3 Å². The average molecular weight is 440 g/mol. The number of nitrogens with two attached hydrogens (primary N) is 1. The average Bonchev–Trinajstić information content (AvgIpc) is 3.48. The second-order valence-corrected chi connectivity index (χ2v) is 9.88. The Hall–Kier alpha value is -3.29. The maximum absolute atomic E-state index is 13.2. The molecule has 6 rings (SSSR count). The predicted octanol–water partition coefficient (Wildman–Crippen LogP) is 2.80. The molecule has 0 spiro atoms. The van der Waals surface area contributed by atoms with Gasteiger partial charge in [0.15, 0.2) is 23.7 Å². The van der Waals surface area contributed by atoms with Crippen molar-refractivity contribution in [1.82, 2.24) is 19.7 Å². The highest BCUT2D eigenvalue weighted by Crippen LogP contribution is 2.61. The van der Waals surface area contributed by atoms with Gasteiger partial charge in [0.1, 0.15) is 0 Å². The van der Waals surface area contributed by atoms with E-state index in [1.165, 1.54) is 37.0 Å². The third kappa shape index (κ3) is 3.17. The van der Waals surface area contributed by atoms with Crippen molar-refractivity contribution in [1.29, 1.82) is 5.26 Å². The van der Waals surface area contributed by atoms with Gasteiger partial charge >= 0.3 is 0 Å². The van der Waals surface area contributed by atoms with Crippen LogP contribution in [0.4, 0.5) is 5.82 Å². The number of nitrogens with zero attached hydrogens (tertiary/aromatic N) is 4. The fourth-order valence-corrected chi connectivity index (χ4v) is 6.08. The van der Waals surface area contributed by atoms with Crippen molar-refractivity contribution in [3.8, 4) is 28.8 Å². The number of fused-ring (bicyclic) bond motifs is 1. The van der Waals surface area contributed by atoms with Gasteiger partial charge in [0.05, 0.1) is 34.5 Å². The molecule has 3 aromatic rings. The molecule has 0 amide bonds. The second-order valence-electron chi connectivity index (χ2n) is 8.19. The highest BCUT2D eigenvalue weighted by molar-refractivity contribution is 7.89. The smallest absolute Gasteiger partial charge is 0.241 e. The SMILES string of the molecule is [2H]C([2H])([2H])c1ccc(S(=O)(=O)NC23CCC(C#N)(C2)C3)cc1-c1cnc(N)c(-c2cnco2)n1. The summed E-state index contributed by atoms with van der Waals surface area (Å²) in [5, 5.41) is 9.36. The van der Waals surface area contributed by atoms with E-state index in [-0.39, 0.29) is 39.0 Å². The third-order valence-corrected chi connectivity index (χ3v) is 7.64. The van der Waals surface area contributed by atoms with Crippen molar-refractivity contribution < 1.29 is 16.9 Å². The lowest BCUT2D eigenvalue weighted by molar-refractivity contribution is 0.161. The molecule has 3 N–H and O–H groups in total. The molecular weight excluding hydrogens is 416 g/mol. The molecule has 3 aliphatic rings. The van der Waals surface area contributed by atoms with E-state index in [1.807, 2.05) is 0 Å². The highest BCUT2D eigenvalue weighted by Gasteiger charge is 2.62. The lowest BCUT2D eigenvalue weighted by Crippen LogP contribution is -2.55. The molecule has 158 valence electrons. The van der Waals surface area contributed by atoms with E-state index >= 15 is 0 Å². The summed E-state index contributed by atoms with van der Waals surface area (Å²) in [5.41, 5.74) is 5.10. The Bertz CT molecular complexity index is 1420. The molecule has 0 unspecified atom stereocenters. The van der Waals surface area contributed by atoms with Gasteiger partial charge in [0, 0.05) is 15.2 Å². The molecule has 2 bridgehead atoms. The number of sulfonamides is 1. The molecule has 0 radical (unpaired) electrons. The second kappa shape index (κ2) is 6.60. The van der Waals surface area contributed by atoms with E-state index in [4.69, 9.17) is 14.3 Å². The minimum Gasteiger partial charge on any atom is -0.442 e. The van der Waals surface area contributed by atoms with E-state index < -0.39 is 27.8 Å². The van der Waals surface area contributed by atoms with Crippen LogP contribution in [0.2, 0.25) is 0 Å². The molecule has 9 nitrogen and oxygen atoms in total. The van der Waals surface area contributed by atoms with Gasteiger partial charge in [-0.1, -0.05) is 6.07 Å². The van der Waals surface area contributed by atoms with Crippen LogP contribution in [0.25, 0.3) is 22.7 Å². The zero-order valence-corrected chi connectivity index (χ0v) is 17.1. The number of aryl methyl sites for hydroxylation is 1. The standard InChI is InChI=1S/C21H20N6O3S/c1-13-2-3-14(31(28,29)27-21-5-4-20(9-21,10-21)11-22)6-15(13)16-7-25-19(23)18(26-16)17-8-24-12-30-17/h2-3,6-8,12,27H,4-5,9-10H2,1H3,(H2,23,25)/i1D3. The number of anilines is 1. The Morgan fingerprint density at radius 2 is 2.16 bits per heavy atom. The van der Waals surface area contributed by atoms with Gasteiger partial charge < -0.3 is 10.2 Å². The molecular formula is C21H20N6O3S. The maximum atomic E-state index is 13.2. The zero-order valence-electron chi connectivity index (χ0n) is 19.3. The van der Waals surface area contributed by atoms with Crippen LogP contribution in [0.1, 0.15) is 35.4 Å².